The van der Waals surface area contributed by atoms with Crippen LogP contribution >= 0.6 is 0 Å². The number of ether oxygens (including phenoxy) is 1. The van der Waals surface area contributed by atoms with Gasteiger partial charge in [0.1, 0.15) is 6.07 Å². The van der Waals surface area contributed by atoms with E-state index in [2.05, 4.69) is 25.8 Å². The van der Waals surface area contributed by atoms with Gasteiger partial charge < -0.3 is 15.0 Å². The van der Waals surface area contributed by atoms with Gasteiger partial charge in [-0.3, -0.25) is 10.2 Å². The summed E-state index contributed by atoms with van der Waals surface area (Å²) < 4.78 is 4.85. The predicted octanol–water partition coefficient (Wildman–Crippen LogP) is 1.19. The molecule has 1 aromatic heterocycles. The van der Waals surface area contributed by atoms with Gasteiger partial charge in [0.25, 0.3) is 5.91 Å². The molecule has 0 spiro atoms. The molecule has 25 heavy (non-hydrogen) atoms. The molecule has 0 aliphatic rings. The van der Waals surface area contributed by atoms with Crippen LogP contribution < -0.4 is 10.7 Å². The molecule has 0 aliphatic heterocycles. The number of nitriles is 1. The van der Waals surface area contributed by atoms with Crippen molar-refractivity contribution in [3.63, 3.8) is 0 Å². The fourth-order valence-corrected chi connectivity index (χ4v) is 1.84. The molecule has 0 fully saturated rings. The van der Waals surface area contributed by atoms with Crippen LogP contribution in [0.15, 0.2) is 41.8 Å². The molecule has 1 heterocycles. The van der Waals surface area contributed by atoms with E-state index in [9.17, 15) is 9.59 Å². The molecule has 3 N–H and O–H groups in total. The van der Waals surface area contributed by atoms with Crippen LogP contribution in [-0.4, -0.2) is 34.2 Å². The van der Waals surface area contributed by atoms with Crippen LogP contribution in [0.3, 0.4) is 0 Å². The normalized spacial score (nSPS) is 10.6. The third-order valence-corrected chi connectivity index (χ3v) is 3.01. The van der Waals surface area contributed by atoms with Crippen LogP contribution in [0.25, 0.3) is 0 Å². The topological polar surface area (TPSA) is 132 Å². The SMILES string of the molecule is CCOC(=O)c1[nH]cnc1NN=C(C#N)C(=O)NCc1ccccc1. The third-order valence-electron chi connectivity index (χ3n) is 3.01. The molecule has 0 atom stereocenters. The van der Waals surface area contributed by atoms with Crippen LogP contribution in [-0.2, 0) is 16.1 Å². The van der Waals surface area contributed by atoms with Crippen LogP contribution in [0.4, 0.5) is 5.82 Å². The summed E-state index contributed by atoms with van der Waals surface area (Å²) >= 11 is 0. The van der Waals surface area contributed by atoms with E-state index in [0.29, 0.717) is 0 Å². The Hall–Kier alpha value is -3.67. The molecule has 9 nitrogen and oxygen atoms in total. The lowest BCUT2D eigenvalue weighted by Gasteiger charge is -2.04. The summed E-state index contributed by atoms with van der Waals surface area (Å²) in [7, 11) is 0. The van der Waals surface area contributed by atoms with Crippen molar-refractivity contribution in [2.24, 2.45) is 5.10 Å². The van der Waals surface area contributed by atoms with Crippen molar-refractivity contribution >= 4 is 23.4 Å². The number of hydrogen-bond donors (Lipinski definition) is 3. The lowest BCUT2D eigenvalue weighted by molar-refractivity contribution is -0.114. The molecule has 0 radical (unpaired) electrons. The van der Waals surface area contributed by atoms with E-state index >= 15 is 0 Å². The number of esters is 1. The fraction of sp³-hybridized carbons (Fsp3) is 0.188. The van der Waals surface area contributed by atoms with Crippen molar-refractivity contribution in [1.82, 2.24) is 15.3 Å². The van der Waals surface area contributed by atoms with Gasteiger partial charge in [0.2, 0.25) is 5.71 Å². The number of amides is 1. The van der Waals surface area contributed by atoms with Crippen LogP contribution in [0.1, 0.15) is 23.0 Å². The van der Waals surface area contributed by atoms with Crippen LogP contribution in [0, 0.1) is 11.3 Å². The molecular weight excluding hydrogens is 324 g/mol. The minimum absolute atomic E-state index is 0.0487. The predicted molar refractivity (Wildman–Crippen MR) is 89.5 cm³/mol. The minimum atomic E-state index is -0.646. The third kappa shape index (κ3) is 4.90. The quantitative estimate of drug-likeness (QED) is 0.394. The summed E-state index contributed by atoms with van der Waals surface area (Å²) in [6.07, 6.45) is 1.27. The van der Waals surface area contributed by atoms with Gasteiger partial charge in [-0.05, 0) is 12.5 Å². The standard InChI is InChI=1S/C16H16N6O3/c1-2-25-16(24)13-14(20-10-19-13)22-21-12(8-17)15(23)18-9-11-6-4-3-5-7-11/h3-7,10,22H,2,9H2,1H3,(H,18,23)(H,19,20). The van der Waals surface area contributed by atoms with Crippen LogP contribution in [0.2, 0.25) is 0 Å². The second kappa shape index (κ2) is 8.83. The Morgan fingerprint density at radius 2 is 2.12 bits per heavy atom. The van der Waals surface area contributed by atoms with E-state index in [4.69, 9.17) is 10.00 Å². The maximum atomic E-state index is 12.0. The number of carbonyl (C=O) groups is 2. The summed E-state index contributed by atoms with van der Waals surface area (Å²) in [4.78, 5) is 30.2. The lowest BCUT2D eigenvalue weighted by Crippen LogP contribution is -2.30. The van der Waals surface area contributed by atoms with E-state index in [1.165, 1.54) is 6.33 Å². The maximum Gasteiger partial charge on any atom is 0.358 e. The largest absolute Gasteiger partial charge is 0.461 e. The van der Waals surface area contributed by atoms with Gasteiger partial charge in [-0.15, -0.1) is 0 Å². The highest BCUT2D eigenvalue weighted by Gasteiger charge is 2.16. The molecule has 1 amide bonds. The van der Waals surface area contributed by atoms with E-state index in [1.807, 2.05) is 30.3 Å². The lowest BCUT2D eigenvalue weighted by atomic mass is 10.2. The average Bonchev–Trinajstić information content (AvgIpc) is 3.10. The second-order valence-corrected chi connectivity index (χ2v) is 4.70. The Labute approximate surface area is 143 Å². The fourth-order valence-electron chi connectivity index (χ4n) is 1.84. The van der Waals surface area contributed by atoms with E-state index in [0.717, 1.165) is 5.56 Å². The zero-order valence-electron chi connectivity index (χ0n) is 13.4. The van der Waals surface area contributed by atoms with Crippen molar-refractivity contribution in [2.75, 3.05) is 12.0 Å². The van der Waals surface area contributed by atoms with Gasteiger partial charge in [-0.2, -0.15) is 10.4 Å². The molecule has 0 unspecified atom stereocenters. The molecule has 0 bridgehead atoms. The van der Waals surface area contributed by atoms with Crippen molar-refractivity contribution in [2.45, 2.75) is 13.5 Å². The zero-order chi connectivity index (χ0) is 18.1. The number of aromatic amines is 1. The summed E-state index contributed by atoms with van der Waals surface area (Å²) in [6.45, 7) is 2.13. The van der Waals surface area contributed by atoms with Gasteiger partial charge in [0.05, 0.1) is 12.9 Å². The first-order chi connectivity index (χ1) is 12.2. The number of hydrogen-bond acceptors (Lipinski definition) is 7. The molecule has 0 saturated heterocycles. The molecule has 9 heteroatoms. The highest BCUT2D eigenvalue weighted by Crippen LogP contribution is 2.10. The number of carbonyl (C=O) groups excluding carboxylic acids is 2. The maximum absolute atomic E-state index is 12.0. The number of H-pyrrole nitrogens is 1. The first kappa shape index (κ1) is 17.7. The molecular formula is C16H16N6O3. The van der Waals surface area contributed by atoms with Crippen LogP contribution in [0.5, 0.6) is 0 Å². The number of benzene rings is 1. The number of nitrogens with one attached hydrogen (secondary N) is 3. The van der Waals surface area contributed by atoms with Gasteiger partial charge in [0.15, 0.2) is 11.5 Å². The first-order valence-electron chi connectivity index (χ1n) is 7.42. The zero-order valence-corrected chi connectivity index (χ0v) is 13.4. The summed E-state index contributed by atoms with van der Waals surface area (Å²) in [5.41, 5.74) is 2.97. The molecule has 1 aromatic carbocycles. The second-order valence-electron chi connectivity index (χ2n) is 4.70. The Morgan fingerprint density at radius 1 is 1.36 bits per heavy atom. The monoisotopic (exact) mass is 340 g/mol. The molecule has 0 saturated carbocycles. The average molecular weight is 340 g/mol. The van der Waals surface area contributed by atoms with E-state index < -0.39 is 17.6 Å². The molecule has 128 valence electrons. The molecule has 0 aliphatic carbocycles. The highest BCUT2D eigenvalue weighted by atomic mass is 16.5. The number of hydrazone groups is 1. The first-order valence-corrected chi connectivity index (χ1v) is 7.42. The van der Waals surface area contributed by atoms with Crippen molar-refractivity contribution < 1.29 is 14.3 Å². The molecule has 2 rings (SSSR count). The smallest absolute Gasteiger partial charge is 0.358 e. The van der Waals surface area contributed by atoms with Crippen molar-refractivity contribution in [1.29, 1.82) is 5.26 Å². The van der Waals surface area contributed by atoms with Gasteiger partial charge >= 0.3 is 5.97 Å². The summed E-state index contributed by atoms with van der Waals surface area (Å²) in [6, 6.07) is 10.9. The van der Waals surface area contributed by atoms with Gasteiger partial charge in [0, 0.05) is 6.54 Å². The van der Waals surface area contributed by atoms with E-state index in [1.54, 1.807) is 13.0 Å². The number of aromatic nitrogens is 2. The Morgan fingerprint density at radius 3 is 2.80 bits per heavy atom. The van der Waals surface area contributed by atoms with Gasteiger partial charge in [-0.25, -0.2) is 9.78 Å². The van der Waals surface area contributed by atoms with Gasteiger partial charge in [-0.1, -0.05) is 30.3 Å². The van der Waals surface area contributed by atoms with Crippen molar-refractivity contribution in [3.05, 3.63) is 47.9 Å². The minimum Gasteiger partial charge on any atom is -0.461 e. The Bertz CT molecular complexity index is 807. The molecule has 2 aromatic rings. The Kier molecular flexibility index (Phi) is 6.24. The summed E-state index contributed by atoms with van der Waals surface area (Å²) in [5, 5.41) is 15.4. The Balaban J connectivity index is 2.01. The number of rotatable bonds is 7. The number of imidazole rings is 1. The number of nitrogens with zero attached hydrogens (tertiary/aromatic N) is 3. The van der Waals surface area contributed by atoms with E-state index in [-0.39, 0.29) is 24.7 Å². The van der Waals surface area contributed by atoms with Crippen molar-refractivity contribution in [3.8, 4) is 6.07 Å². The number of anilines is 1. The summed E-state index contributed by atoms with van der Waals surface area (Å²) in [5.74, 6) is -1.21. The highest BCUT2D eigenvalue weighted by molar-refractivity contribution is 6.45.